The molecule has 2 heteroatoms. The average Bonchev–Trinajstić information content (AvgIpc) is 3.25. The van der Waals surface area contributed by atoms with Gasteiger partial charge >= 0.3 is 0 Å². The molecule has 1 saturated carbocycles. The Morgan fingerprint density at radius 3 is 2.28 bits per heavy atom. The highest BCUT2D eigenvalue weighted by atomic mass is 28.3. The van der Waals surface area contributed by atoms with Gasteiger partial charge in [-0.05, 0) is 41.5 Å². The molecule has 130 valence electrons. The Balaban J connectivity index is 1.84. The first-order valence-corrected chi connectivity index (χ1v) is 12.7. The van der Waals surface area contributed by atoms with Gasteiger partial charge in [0.15, 0.2) is 0 Å². The van der Waals surface area contributed by atoms with Crippen molar-refractivity contribution in [3.05, 3.63) is 83.4 Å². The number of allylic oxidation sites excluding steroid dienone is 1. The summed E-state index contributed by atoms with van der Waals surface area (Å²) in [6.45, 7) is 14.0. The molecule has 0 aliphatic heterocycles. The summed E-state index contributed by atoms with van der Waals surface area (Å²) >= 11 is 0. The number of hydrogen-bond donors (Lipinski definition) is 0. The molecule has 0 spiro atoms. The maximum atomic E-state index is 4.82. The van der Waals surface area contributed by atoms with E-state index in [9.17, 15) is 0 Å². The summed E-state index contributed by atoms with van der Waals surface area (Å²) in [4.78, 5) is 4.82. The normalized spacial score (nSPS) is 21.5. The minimum Gasteiger partial charge on any atom is -0.285 e. The lowest BCUT2D eigenvalue weighted by molar-refractivity contribution is 0.773. The Hall–Kier alpha value is -1.93. The lowest BCUT2D eigenvalue weighted by Crippen LogP contribution is -2.31. The van der Waals surface area contributed by atoms with Crippen LogP contribution in [-0.2, 0) is 6.42 Å². The van der Waals surface area contributed by atoms with Gasteiger partial charge in [0.05, 0.1) is 14.1 Å². The fourth-order valence-electron chi connectivity index (χ4n) is 3.81. The van der Waals surface area contributed by atoms with E-state index < -0.39 is 8.07 Å². The molecule has 1 fully saturated rings. The molecule has 2 aromatic rings. The van der Waals surface area contributed by atoms with Gasteiger partial charge in [-0.2, -0.15) is 0 Å². The summed E-state index contributed by atoms with van der Waals surface area (Å²) in [7, 11) is -1.29. The maximum absolute atomic E-state index is 4.82. The van der Waals surface area contributed by atoms with Gasteiger partial charge in [-0.1, -0.05) is 86.4 Å². The molecule has 0 bridgehead atoms. The molecule has 0 heterocycles. The van der Waals surface area contributed by atoms with Crippen LogP contribution in [0.3, 0.4) is 0 Å². The van der Waals surface area contributed by atoms with Gasteiger partial charge in [0, 0.05) is 6.21 Å². The fourth-order valence-corrected chi connectivity index (χ4v) is 6.34. The molecule has 0 N–H and O–H groups in total. The van der Waals surface area contributed by atoms with Crippen molar-refractivity contribution in [2.45, 2.75) is 50.5 Å². The van der Waals surface area contributed by atoms with E-state index in [4.69, 9.17) is 4.99 Å². The second-order valence-corrected chi connectivity index (χ2v) is 13.8. The lowest BCUT2D eigenvalue weighted by atomic mass is 9.97. The highest BCUT2D eigenvalue weighted by Gasteiger charge is 2.56. The van der Waals surface area contributed by atoms with E-state index in [1.54, 1.807) is 0 Å². The van der Waals surface area contributed by atoms with Gasteiger partial charge in [0.1, 0.15) is 0 Å². The number of benzene rings is 2. The van der Waals surface area contributed by atoms with Crippen LogP contribution >= 0.6 is 0 Å². The van der Waals surface area contributed by atoms with Gasteiger partial charge in [-0.15, -0.1) is 0 Å². The molecule has 2 unspecified atom stereocenters. The van der Waals surface area contributed by atoms with E-state index in [2.05, 4.69) is 81.7 Å². The molecule has 2 atom stereocenters. The SMILES string of the molecule is C=C1CC1(Cc1ccccc1C(C)N=Cc1ccccc1)[Si](C)(C)C. The Labute approximate surface area is 153 Å². The van der Waals surface area contributed by atoms with E-state index in [0.717, 1.165) is 12.0 Å². The first kappa shape index (κ1) is 17.9. The highest BCUT2D eigenvalue weighted by molar-refractivity contribution is 6.81. The smallest absolute Gasteiger partial charge is 0.0723 e. The van der Waals surface area contributed by atoms with E-state index >= 15 is 0 Å². The second-order valence-electron chi connectivity index (χ2n) is 8.35. The maximum Gasteiger partial charge on any atom is 0.0723 e. The number of hydrogen-bond acceptors (Lipinski definition) is 1. The first-order valence-electron chi connectivity index (χ1n) is 9.18. The molecule has 1 aliphatic rings. The Kier molecular flexibility index (Phi) is 4.83. The van der Waals surface area contributed by atoms with Crippen LogP contribution in [-0.4, -0.2) is 14.3 Å². The zero-order chi connectivity index (χ0) is 18.1. The van der Waals surface area contributed by atoms with Crippen molar-refractivity contribution in [3.63, 3.8) is 0 Å². The molecule has 3 rings (SSSR count). The molecular weight excluding hydrogens is 318 g/mol. The minimum atomic E-state index is -1.29. The summed E-state index contributed by atoms with van der Waals surface area (Å²) in [6, 6.07) is 19.3. The van der Waals surface area contributed by atoms with Crippen molar-refractivity contribution in [2.24, 2.45) is 4.99 Å². The molecule has 0 saturated heterocycles. The third kappa shape index (κ3) is 3.69. The molecule has 1 aliphatic carbocycles. The van der Waals surface area contributed by atoms with Gasteiger partial charge in [-0.25, -0.2) is 0 Å². The van der Waals surface area contributed by atoms with E-state index in [-0.39, 0.29) is 6.04 Å². The van der Waals surface area contributed by atoms with Crippen LogP contribution < -0.4 is 0 Å². The van der Waals surface area contributed by atoms with Crippen LogP contribution in [0.2, 0.25) is 24.7 Å². The van der Waals surface area contributed by atoms with Crippen LogP contribution in [0.4, 0.5) is 0 Å². The fraction of sp³-hybridized carbons (Fsp3) is 0.348. The van der Waals surface area contributed by atoms with Crippen molar-refractivity contribution in [1.82, 2.24) is 0 Å². The third-order valence-electron chi connectivity index (χ3n) is 5.75. The molecule has 0 radical (unpaired) electrons. The first-order chi connectivity index (χ1) is 11.8. The lowest BCUT2D eigenvalue weighted by Gasteiger charge is -2.30. The second kappa shape index (κ2) is 6.76. The summed E-state index contributed by atoms with van der Waals surface area (Å²) in [5.74, 6) is 0. The van der Waals surface area contributed by atoms with E-state index in [1.165, 1.54) is 23.1 Å². The largest absolute Gasteiger partial charge is 0.285 e. The quantitative estimate of drug-likeness (QED) is 0.323. The minimum absolute atomic E-state index is 0.169. The third-order valence-corrected chi connectivity index (χ3v) is 9.33. The van der Waals surface area contributed by atoms with Gasteiger partial charge in [-0.3, -0.25) is 4.99 Å². The predicted molar refractivity (Wildman–Crippen MR) is 112 cm³/mol. The van der Waals surface area contributed by atoms with Gasteiger partial charge in [0.25, 0.3) is 0 Å². The van der Waals surface area contributed by atoms with Crippen molar-refractivity contribution in [2.75, 3.05) is 0 Å². The summed E-state index contributed by atoms with van der Waals surface area (Å²) < 4.78 is 0. The average molecular weight is 348 g/mol. The number of nitrogens with zero attached hydrogens (tertiary/aromatic N) is 1. The zero-order valence-corrected chi connectivity index (χ0v) is 16.9. The predicted octanol–water partition coefficient (Wildman–Crippen LogP) is 6.45. The Morgan fingerprint density at radius 2 is 1.68 bits per heavy atom. The van der Waals surface area contributed by atoms with Crippen LogP contribution in [0.1, 0.15) is 36.1 Å². The van der Waals surface area contributed by atoms with Crippen LogP contribution in [0.15, 0.2) is 71.7 Å². The van der Waals surface area contributed by atoms with Crippen LogP contribution in [0, 0.1) is 0 Å². The standard InChI is InChI=1S/C23H29NSi/c1-18-15-23(18,25(3,4)5)16-21-13-9-10-14-22(21)19(2)24-17-20-11-7-6-8-12-20/h6-14,17,19H,1,15-16H2,2-5H3. The highest BCUT2D eigenvalue weighted by Crippen LogP contribution is 2.66. The van der Waals surface area contributed by atoms with Crippen molar-refractivity contribution < 1.29 is 0 Å². The molecule has 0 amide bonds. The molecule has 2 aromatic carbocycles. The molecule has 25 heavy (non-hydrogen) atoms. The zero-order valence-electron chi connectivity index (χ0n) is 15.9. The Bertz CT molecular complexity index is 785. The topological polar surface area (TPSA) is 12.4 Å². The van der Waals surface area contributed by atoms with Crippen molar-refractivity contribution >= 4 is 14.3 Å². The molecule has 0 aromatic heterocycles. The van der Waals surface area contributed by atoms with Crippen LogP contribution in [0.25, 0.3) is 0 Å². The summed E-state index contributed by atoms with van der Waals surface area (Å²) in [6.07, 6.45) is 4.33. The number of aliphatic imine (C=N–C) groups is 1. The van der Waals surface area contributed by atoms with Gasteiger partial charge in [0.2, 0.25) is 0 Å². The van der Waals surface area contributed by atoms with E-state index in [0.29, 0.717) is 5.04 Å². The van der Waals surface area contributed by atoms with Crippen molar-refractivity contribution in [3.8, 4) is 0 Å². The molecular formula is C23H29NSi. The molecule has 1 nitrogen and oxygen atoms in total. The summed E-state index contributed by atoms with van der Waals surface area (Å²) in [5.41, 5.74) is 5.41. The Morgan fingerprint density at radius 1 is 1.08 bits per heavy atom. The monoisotopic (exact) mass is 347 g/mol. The van der Waals surface area contributed by atoms with Crippen LogP contribution in [0.5, 0.6) is 0 Å². The van der Waals surface area contributed by atoms with E-state index in [1.807, 2.05) is 12.3 Å². The van der Waals surface area contributed by atoms with Gasteiger partial charge < -0.3 is 0 Å². The summed E-state index contributed by atoms with van der Waals surface area (Å²) in [5, 5.41) is 0.381. The van der Waals surface area contributed by atoms with Crippen molar-refractivity contribution in [1.29, 1.82) is 0 Å². The number of rotatable bonds is 6.